The number of benzene rings is 1. The summed E-state index contributed by atoms with van der Waals surface area (Å²) in [5.41, 5.74) is 11.1. The van der Waals surface area contributed by atoms with Gasteiger partial charge in [-0.25, -0.2) is 0 Å². The van der Waals surface area contributed by atoms with Gasteiger partial charge in [-0.1, -0.05) is 18.2 Å². The third kappa shape index (κ3) is 3.48. The highest BCUT2D eigenvalue weighted by atomic mass is 16.5. The molecule has 92 valence electrons. The molecular weight excluding hydrogens is 220 g/mol. The zero-order chi connectivity index (χ0) is 12.8. The Hall–Kier alpha value is -2.04. The van der Waals surface area contributed by atoms with Crippen LogP contribution in [0.25, 0.3) is 0 Å². The minimum Gasteiger partial charge on any atom is -0.496 e. The first-order valence-corrected chi connectivity index (χ1v) is 5.26. The van der Waals surface area contributed by atoms with Gasteiger partial charge in [0.2, 0.25) is 11.8 Å². The maximum absolute atomic E-state index is 11.4. The highest BCUT2D eigenvalue weighted by Gasteiger charge is 2.21. The van der Waals surface area contributed by atoms with Crippen LogP contribution in [0.2, 0.25) is 0 Å². The first-order chi connectivity index (χ1) is 8.06. The molecule has 0 spiro atoms. The normalized spacial score (nSPS) is 11.8. The van der Waals surface area contributed by atoms with Gasteiger partial charge in [-0.3, -0.25) is 9.59 Å². The van der Waals surface area contributed by atoms with Crippen LogP contribution in [-0.2, 0) is 9.59 Å². The number of hydrogen-bond acceptors (Lipinski definition) is 3. The molecule has 0 radical (unpaired) electrons. The molecule has 2 amide bonds. The van der Waals surface area contributed by atoms with Crippen molar-refractivity contribution in [2.24, 2.45) is 11.5 Å². The van der Waals surface area contributed by atoms with E-state index in [0.717, 1.165) is 0 Å². The van der Waals surface area contributed by atoms with Crippen LogP contribution in [0.1, 0.15) is 24.3 Å². The molecule has 1 aromatic carbocycles. The fourth-order valence-corrected chi connectivity index (χ4v) is 1.69. The number of hydrogen-bond donors (Lipinski definition) is 2. The summed E-state index contributed by atoms with van der Waals surface area (Å²) in [6.45, 7) is 0. The number of nitrogens with two attached hydrogens (primary N) is 2. The SMILES string of the molecule is COc1ccccc1C(CCC(N)=O)C(N)=O. The molecule has 0 aliphatic rings. The predicted octanol–water partition coefficient (Wildman–Crippen LogP) is 0.530. The predicted molar refractivity (Wildman–Crippen MR) is 63.4 cm³/mol. The second-order valence-corrected chi connectivity index (χ2v) is 3.70. The molecule has 0 aliphatic heterocycles. The second kappa shape index (κ2) is 5.89. The summed E-state index contributed by atoms with van der Waals surface area (Å²) in [6, 6.07) is 7.09. The molecule has 0 saturated heterocycles. The van der Waals surface area contributed by atoms with Crippen LogP contribution in [-0.4, -0.2) is 18.9 Å². The van der Waals surface area contributed by atoms with Crippen molar-refractivity contribution >= 4 is 11.8 Å². The summed E-state index contributed by atoms with van der Waals surface area (Å²) in [5, 5.41) is 0. The van der Waals surface area contributed by atoms with Gasteiger partial charge in [0.15, 0.2) is 0 Å². The average Bonchev–Trinajstić information content (AvgIpc) is 2.29. The van der Waals surface area contributed by atoms with Crippen LogP contribution in [0.5, 0.6) is 5.75 Å². The molecule has 1 aromatic rings. The van der Waals surface area contributed by atoms with Crippen LogP contribution in [0.15, 0.2) is 24.3 Å². The van der Waals surface area contributed by atoms with E-state index in [4.69, 9.17) is 16.2 Å². The average molecular weight is 236 g/mol. The Bertz CT molecular complexity index is 418. The number of rotatable bonds is 6. The van der Waals surface area contributed by atoms with Crippen LogP contribution >= 0.6 is 0 Å². The Balaban J connectivity index is 2.96. The van der Waals surface area contributed by atoms with E-state index in [9.17, 15) is 9.59 Å². The minimum absolute atomic E-state index is 0.117. The van der Waals surface area contributed by atoms with Crippen molar-refractivity contribution in [3.63, 3.8) is 0 Å². The first-order valence-electron chi connectivity index (χ1n) is 5.26. The minimum atomic E-state index is -0.557. The highest BCUT2D eigenvalue weighted by molar-refractivity contribution is 5.83. The number of para-hydroxylation sites is 1. The van der Waals surface area contributed by atoms with E-state index < -0.39 is 17.7 Å². The molecule has 1 unspecified atom stereocenters. The molecule has 0 bridgehead atoms. The van der Waals surface area contributed by atoms with Gasteiger partial charge in [-0.05, 0) is 12.5 Å². The maximum Gasteiger partial charge on any atom is 0.225 e. The smallest absolute Gasteiger partial charge is 0.225 e. The fraction of sp³-hybridized carbons (Fsp3) is 0.333. The van der Waals surface area contributed by atoms with E-state index in [-0.39, 0.29) is 6.42 Å². The molecule has 17 heavy (non-hydrogen) atoms. The van der Waals surface area contributed by atoms with Crippen LogP contribution in [0, 0.1) is 0 Å². The number of ether oxygens (including phenoxy) is 1. The number of amides is 2. The van der Waals surface area contributed by atoms with E-state index in [1.807, 2.05) is 0 Å². The Labute approximate surface area is 99.7 Å². The van der Waals surface area contributed by atoms with Crippen molar-refractivity contribution in [1.82, 2.24) is 0 Å². The van der Waals surface area contributed by atoms with Crippen molar-refractivity contribution < 1.29 is 14.3 Å². The zero-order valence-corrected chi connectivity index (χ0v) is 9.68. The molecule has 5 nitrogen and oxygen atoms in total. The molecule has 0 aromatic heterocycles. The molecule has 0 saturated carbocycles. The number of primary amides is 2. The fourth-order valence-electron chi connectivity index (χ4n) is 1.69. The maximum atomic E-state index is 11.4. The topological polar surface area (TPSA) is 95.4 Å². The van der Waals surface area contributed by atoms with Crippen molar-refractivity contribution in [2.75, 3.05) is 7.11 Å². The third-order valence-corrected chi connectivity index (χ3v) is 2.54. The lowest BCUT2D eigenvalue weighted by molar-refractivity contribution is -0.120. The van der Waals surface area contributed by atoms with Gasteiger partial charge < -0.3 is 16.2 Å². The summed E-state index contributed by atoms with van der Waals surface area (Å²) in [5.74, 6) is -0.915. The summed E-state index contributed by atoms with van der Waals surface area (Å²) in [7, 11) is 1.52. The van der Waals surface area contributed by atoms with Gasteiger partial charge in [0, 0.05) is 12.0 Å². The zero-order valence-electron chi connectivity index (χ0n) is 9.68. The van der Waals surface area contributed by atoms with Gasteiger partial charge in [0.1, 0.15) is 5.75 Å². The molecule has 4 N–H and O–H groups in total. The Morgan fingerprint density at radius 3 is 2.47 bits per heavy atom. The van der Waals surface area contributed by atoms with Crippen molar-refractivity contribution in [3.05, 3.63) is 29.8 Å². The van der Waals surface area contributed by atoms with E-state index in [1.165, 1.54) is 7.11 Å². The Morgan fingerprint density at radius 1 is 1.29 bits per heavy atom. The largest absolute Gasteiger partial charge is 0.496 e. The highest BCUT2D eigenvalue weighted by Crippen LogP contribution is 2.29. The molecule has 0 heterocycles. The summed E-state index contributed by atoms with van der Waals surface area (Å²) in [4.78, 5) is 22.1. The lowest BCUT2D eigenvalue weighted by Crippen LogP contribution is -2.23. The van der Waals surface area contributed by atoms with Crippen molar-refractivity contribution in [1.29, 1.82) is 0 Å². The van der Waals surface area contributed by atoms with Crippen molar-refractivity contribution in [3.8, 4) is 5.75 Å². The first kappa shape index (κ1) is 13.0. The van der Waals surface area contributed by atoms with Gasteiger partial charge in [0.05, 0.1) is 13.0 Å². The van der Waals surface area contributed by atoms with E-state index in [0.29, 0.717) is 17.7 Å². The molecule has 1 rings (SSSR count). The monoisotopic (exact) mass is 236 g/mol. The molecular formula is C12H16N2O3. The Kier molecular flexibility index (Phi) is 4.51. The van der Waals surface area contributed by atoms with Gasteiger partial charge >= 0.3 is 0 Å². The molecule has 0 aliphatic carbocycles. The molecule has 0 fully saturated rings. The van der Waals surface area contributed by atoms with Crippen LogP contribution in [0.4, 0.5) is 0 Å². The van der Waals surface area contributed by atoms with E-state index in [1.54, 1.807) is 24.3 Å². The number of carbonyl (C=O) groups excluding carboxylic acids is 2. The molecule has 5 heteroatoms. The number of methoxy groups -OCH3 is 1. The molecule has 1 atom stereocenters. The number of carbonyl (C=O) groups is 2. The van der Waals surface area contributed by atoms with Crippen LogP contribution in [0.3, 0.4) is 0 Å². The van der Waals surface area contributed by atoms with Gasteiger partial charge in [0.25, 0.3) is 0 Å². The van der Waals surface area contributed by atoms with Gasteiger partial charge in [-0.15, -0.1) is 0 Å². The lowest BCUT2D eigenvalue weighted by atomic mass is 9.92. The summed E-state index contributed by atoms with van der Waals surface area (Å²) < 4.78 is 5.16. The second-order valence-electron chi connectivity index (χ2n) is 3.70. The quantitative estimate of drug-likeness (QED) is 0.754. The van der Waals surface area contributed by atoms with Crippen LogP contribution < -0.4 is 16.2 Å². The van der Waals surface area contributed by atoms with E-state index >= 15 is 0 Å². The Morgan fingerprint density at radius 2 is 1.94 bits per heavy atom. The van der Waals surface area contributed by atoms with E-state index in [2.05, 4.69) is 0 Å². The summed E-state index contributed by atoms with van der Waals surface area (Å²) >= 11 is 0. The lowest BCUT2D eigenvalue weighted by Gasteiger charge is -2.16. The van der Waals surface area contributed by atoms with Gasteiger partial charge in [-0.2, -0.15) is 0 Å². The summed E-state index contributed by atoms with van der Waals surface area (Å²) in [6.07, 6.45) is 0.413. The van der Waals surface area contributed by atoms with Crippen molar-refractivity contribution in [2.45, 2.75) is 18.8 Å². The third-order valence-electron chi connectivity index (χ3n) is 2.54. The standard InChI is InChI=1S/C12H16N2O3/c1-17-10-5-3-2-4-8(10)9(12(14)16)6-7-11(13)15/h2-5,9H,6-7H2,1H3,(H2,13,15)(H2,14,16).